The summed E-state index contributed by atoms with van der Waals surface area (Å²) in [5.74, 6) is 0. The van der Waals surface area contributed by atoms with Gasteiger partial charge in [0.2, 0.25) is 0 Å². The summed E-state index contributed by atoms with van der Waals surface area (Å²) < 4.78 is 101. The minimum absolute atomic E-state index is 0. The van der Waals surface area contributed by atoms with Crippen molar-refractivity contribution >= 4 is 68.4 Å². The van der Waals surface area contributed by atoms with E-state index in [0.717, 1.165) is 12.1 Å². The van der Waals surface area contributed by atoms with Crippen LogP contribution in [0.3, 0.4) is 0 Å². The van der Waals surface area contributed by atoms with Crippen LogP contribution < -0.4 is 94.4 Å². The second-order valence-corrected chi connectivity index (χ2v) is 10.4. The van der Waals surface area contributed by atoms with E-state index in [4.69, 9.17) is 5.73 Å². The van der Waals surface area contributed by atoms with Gasteiger partial charge in [-0.2, -0.15) is 25.3 Å². The van der Waals surface area contributed by atoms with Crippen molar-refractivity contribution in [2.45, 2.75) is 14.7 Å². The van der Waals surface area contributed by atoms with E-state index in [2.05, 4.69) is 0 Å². The number of nitrogen functional groups attached to an aromatic ring is 1. The van der Waals surface area contributed by atoms with Crippen LogP contribution in [-0.2, 0) is 30.4 Å². The molecule has 0 radical (unpaired) electrons. The Hall–Kier alpha value is 0.450. The van der Waals surface area contributed by atoms with E-state index in [1.54, 1.807) is 12.1 Å². The van der Waals surface area contributed by atoms with Crippen molar-refractivity contribution in [3.05, 3.63) is 36.4 Å². The monoisotopic (exact) mass is 529 g/mol. The first-order valence-electron chi connectivity index (χ1n) is 7.68. The van der Waals surface area contributed by atoms with Gasteiger partial charge in [0, 0.05) is 27.2 Å². The van der Waals surface area contributed by atoms with Gasteiger partial charge in [-0.3, -0.25) is 13.7 Å². The summed E-state index contributed by atoms with van der Waals surface area (Å²) in [6.07, 6.45) is 0. The fourth-order valence-corrected chi connectivity index (χ4v) is 7.23. The standard InChI is InChI=1S/C16H11NO9S3.3Na.3H/c17-11-6-2-7-1-3-9-13-10(5-4-8(11)12(7)13)15(28(21,22)23)16(29(24,25)26)14(9)27(18,19)20;;;;;;/h1-6H,17H2,(H,18,19,20)(H,21,22,23)(H,24,25,26);;;;;;/q;3*+1;3*-1. The smallest absolute Gasteiger partial charge is 1.00 e. The zero-order valence-corrected chi connectivity index (χ0v) is 25.5. The fourth-order valence-electron chi connectivity index (χ4n) is 3.64. The van der Waals surface area contributed by atoms with Crippen molar-refractivity contribution in [1.82, 2.24) is 0 Å². The van der Waals surface area contributed by atoms with Crippen LogP contribution in [0.1, 0.15) is 4.28 Å². The van der Waals surface area contributed by atoms with Crippen LogP contribution in [-0.4, -0.2) is 38.9 Å². The van der Waals surface area contributed by atoms with Crippen LogP contribution in [0.15, 0.2) is 51.1 Å². The zero-order valence-electron chi connectivity index (χ0n) is 20.1. The molecule has 0 aliphatic heterocycles. The van der Waals surface area contributed by atoms with Crippen LogP contribution in [0.2, 0.25) is 0 Å². The second-order valence-electron chi connectivity index (χ2n) is 6.31. The first kappa shape index (κ1) is 30.5. The predicted molar refractivity (Wildman–Crippen MR) is 107 cm³/mol. The normalized spacial score (nSPS) is 12.3. The van der Waals surface area contributed by atoms with Crippen molar-refractivity contribution in [2.75, 3.05) is 5.73 Å². The average molecular weight is 529 g/mol. The van der Waals surface area contributed by atoms with Gasteiger partial charge in [0.05, 0.1) is 0 Å². The van der Waals surface area contributed by atoms with Crippen LogP contribution in [0, 0.1) is 0 Å². The number of hydrogen-bond donors (Lipinski definition) is 4. The van der Waals surface area contributed by atoms with Gasteiger partial charge in [0.25, 0.3) is 30.4 Å². The average Bonchev–Trinajstić information content (AvgIpc) is 2.57. The van der Waals surface area contributed by atoms with Gasteiger partial charge in [-0.05, 0) is 16.8 Å². The Kier molecular flexibility index (Phi) is 9.37. The van der Waals surface area contributed by atoms with Gasteiger partial charge >= 0.3 is 88.7 Å². The molecule has 32 heavy (non-hydrogen) atoms. The summed E-state index contributed by atoms with van der Waals surface area (Å²) in [6, 6.07) is 8.22. The number of rotatable bonds is 3. The molecule has 0 fully saturated rings. The third-order valence-corrected chi connectivity index (χ3v) is 7.68. The molecule has 0 aliphatic rings. The molecule has 10 nitrogen and oxygen atoms in total. The number of anilines is 1. The molecule has 4 aromatic rings. The van der Waals surface area contributed by atoms with E-state index in [-0.39, 0.29) is 120 Å². The molecular formula is C16H14NNa3O9S3. The van der Waals surface area contributed by atoms with Crippen molar-refractivity contribution in [3.8, 4) is 0 Å². The van der Waals surface area contributed by atoms with Crippen LogP contribution in [0.4, 0.5) is 5.69 Å². The Labute approximate surface area is 253 Å². The summed E-state index contributed by atoms with van der Waals surface area (Å²) in [6.45, 7) is 0. The second kappa shape index (κ2) is 9.84. The Morgan fingerprint density at radius 2 is 0.938 bits per heavy atom. The Morgan fingerprint density at radius 1 is 0.562 bits per heavy atom. The maximum absolute atomic E-state index is 12.1. The summed E-state index contributed by atoms with van der Waals surface area (Å²) in [4.78, 5) is -4.37. The topological polar surface area (TPSA) is 189 Å². The molecule has 0 heterocycles. The number of benzene rings is 4. The molecular weight excluding hydrogens is 515 g/mol. The van der Waals surface area contributed by atoms with Crippen LogP contribution >= 0.6 is 0 Å². The molecule has 0 unspecified atom stereocenters. The SMILES string of the molecule is Nc1ccc2ccc3c(S(=O)(=O)O)c(S(=O)(=O)O)c(S(=O)(=O)O)c4ccc1c2c34.[H-].[H-].[H-].[Na+].[Na+].[Na+]. The molecule has 0 atom stereocenters. The van der Waals surface area contributed by atoms with E-state index in [1.807, 2.05) is 0 Å². The Bertz CT molecular complexity index is 1650. The third kappa shape index (κ3) is 4.90. The van der Waals surface area contributed by atoms with Gasteiger partial charge < -0.3 is 10.0 Å². The molecule has 5 N–H and O–H groups in total. The van der Waals surface area contributed by atoms with E-state index < -0.39 is 45.0 Å². The minimum Gasteiger partial charge on any atom is -1.00 e. The van der Waals surface area contributed by atoms with Crippen molar-refractivity contribution in [1.29, 1.82) is 0 Å². The molecule has 4 rings (SSSR count). The molecule has 16 heteroatoms. The zero-order chi connectivity index (χ0) is 21.5. The van der Waals surface area contributed by atoms with Gasteiger partial charge in [0.1, 0.15) is 14.7 Å². The van der Waals surface area contributed by atoms with Gasteiger partial charge in [-0.25, -0.2) is 0 Å². The fraction of sp³-hybridized carbons (Fsp3) is 0. The summed E-state index contributed by atoms with van der Waals surface area (Å²) in [5.41, 5.74) is 6.21. The molecule has 0 aromatic heterocycles. The van der Waals surface area contributed by atoms with E-state index in [0.29, 0.717) is 10.8 Å². The first-order chi connectivity index (χ1) is 13.2. The van der Waals surface area contributed by atoms with Crippen LogP contribution in [0.5, 0.6) is 0 Å². The van der Waals surface area contributed by atoms with Crippen molar-refractivity contribution in [3.63, 3.8) is 0 Å². The van der Waals surface area contributed by atoms with Crippen molar-refractivity contribution < 1.29 is 132 Å². The van der Waals surface area contributed by atoms with E-state index >= 15 is 0 Å². The Morgan fingerprint density at radius 3 is 1.38 bits per heavy atom. The minimum atomic E-state index is -5.53. The quantitative estimate of drug-likeness (QED) is 0.0859. The predicted octanol–water partition coefficient (Wildman–Crippen LogP) is -6.74. The largest absolute Gasteiger partial charge is 1.00 e. The van der Waals surface area contributed by atoms with Gasteiger partial charge in [-0.15, -0.1) is 0 Å². The molecule has 158 valence electrons. The molecule has 0 bridgehead atoms. The maximum atomic E-state index is 12.1. The number of hydrogen-bond acceptors (Lipinski definition) is 7. The molecule has 4 aromatic carbocycles. The summed E-state index contributed by atoms with van der Waals surface area (Å²) >= 11 is 0. The van der Waals surface area contributed by atoms with Crippen molar-refractivity contribution in [2.24, 2.45) is 0 Å². The van der Waals surface area contributed by atoms with Gasteiger partial charge in [-0.1, -0.05) is 30.3 Å². The third-order valence-electron chi connectivity index (χ3n) is 4.62. The Balaban J connectivity index is -0.00000171. The molecule has 0 aliphatic carbocycles. The summed E-state index contributed by atoms with van der Waals surface area (Å²) in [5, 5.41) is 0.395. The maximum Gasteiger partial charge on any atom is 1.00 e. The molecule has 0 saturated heterocycles. The van der Waals surface area contributed by atoms with Crippen LogP contribution in [0.25, 0.3) is 32.3 Å². The molecule has 0 saturated carbocycles. The van der Waals surface area contributed by atoms with E-state index in [9.17, 15) is 38.9 Å². The van der Waals surface area contributed by atoms with E-state index in [1.165, 1.54) is 12.1 Å². The van der Waals surface area contributed by atoms with Gasteiger partial charge in [0.15, 0.2) is 0 Å². The summed E-state index contributed by atoms with van der Waals surface area (Å²) in [7, 11) is -16.3. The molecule has 0 amide bonds. The number of nitrogens with two attached hydrogens (primary N) is 1. The first-order valence-corrected chi connectivity index (χ1v) is 12.0. The molecule has 0 spiro atoms.